The summed E-state index contributed by atoms with van der Waals surface area (Å²) in [6.07, 6.45) is 4.54. The standard InChI is InChI=1S/C25H30N6O2/c1-29-12-14-30(15-13-29)19-5-6-20-22(16-19)27-18-28-23(20)25(17-32)7-10-31(11-8-25)24(33)21-4-2-3-9-26-21/h2-6,9,16,18,32H,7-8,10-15,17H2,1H3. The minimum Gasteiger partial charge on any atom is -0.395 e. The average molecular weight is 447 g/mol. The minimum absolute atomic E-state index is 0.00899. The van der Waals surface area contributed by atoms with Crippen LogP contribution in [0, 0.1) is 0 Å². The van der Waals surface area contributed by atoms with Gasteiger partial charge in [-0.15, -0.1) is 0 Å². The number of piperazine rings is 1. The molecule has 0 atom stereocenters. The van der Waals surface area contributed by atoms with Crippen molar-refractivity contribution in [1.29, 1.82) is 0 Å². The van der Waals surface area contributed by atoms with E-state index in [0.29, 0.717) is 31.6 Å². The van der Waals surface area contributed by atoms with E-state index >= 15 is 0 Å². The number of hydrogen-bond donors (Lipinski definition) is 1. The Morgan fingerprint density at radius 2 is 1.79 bits per heavy atom. The predicted molar refractivity (Wildman–Crippen MR) is 127 cm³/mol. The van der Waals surface area contributed by atoms with E-state index in [2.05, 4.69) is 50.0 Å². The van der Waals surface area contributed by atoms with E-state index in [1.165, 1.54) is 5.69 Å². The van der Waals surface area contributed by atoms with Crippen LogP contribution in [0.5, 0.6) is 0 Å². The van der Waals surface area contributed by atoms with Gasteiger partial charge in [-0.25, -0.2) is 9.97 Å². The number of amides is 1. The SMILES string of the molecule is CN1CCN(c2ccc3c(C4(CO)CCN(C(=O)c5ccccn5)CC4)ncnc3c2)CC1. The van der Waals surface area contributed by atoms with Gasteiger partial charge in [0.15, 0.2) is 0 Å². The number of hydrogen-bond acceptors (Lipinski definition) is 7. The number of nitrogens with zero attached hydrogens (tertiary/aromatic N) is 6. The monoisotopic (exact) mass is 446 g/mol. The molecule has 3 aromatic rings. The zero-order chi connectivity index (χ0) is 22.8. The van der Waals surface area contributed by atoms with Crippen molar-refractivity contribution < 1.29 is 9.90 Å². The first-order valence-corrected chi connectivity index (χ1v) is 11.6. The van der Waals surface area contributed by atoms with Crippen molar-refractivity contribution in [3.05, 3.63) is 60.3 Å². The highest BCUT2D eigenvalue weighted by molar-refractivity contribution is 5.92. The molecule has 2 fully saturated rings. The lowest BCUT2D eigenvalue weighted by Gasteiger charge is -2.40. The van der Waals surface area contributed by atoms with Crippen LogP contribution in [0.15, 0.2) is 48.9 Å². The van der Waals surface area contributed by atoms with Crippen LogP contribution in [0.4, 0.5) is 5.69 Å². The second-order valence-corrected chi connectivity index (χ2v) is 9.16. The Kier molecular flexibility index (Phi) is 5.95. The molecule has 2 saturated heterocycles. The molecule has 1 aromatic carbocycles. The second-order valence-electron chi connectivity index (χ2n) is 9.16. The van der Waals surface area contributed by atoms with E-state index in [4.69, 9.17) is 0 Å². The van der Waals surface area contributed by atoms with Crippen molar-refractivity contribution in [2.24, 2.45) is 0 Å². The number of rotatable bonds is 4. The van der Waals surface area contributed by atoms with Gasteiger partial charge in [-0.1, -0.05) is 6.07 Å². The molecule has 4 heterocycles. The molecule has 0 spiro atoms. The highest BCUT2D eigenvalue weighted by Gasteiger charge is 2.39. The molecule has 172 valence electrons. The third-order valence-electron chi connectivity index (χ3n) is 7.19. The van der Waals surface area contributed by atoms with Gasteiger partial charge in [-0.05, 0) is 50.2 Å². The molecule has 1 N–H and O–H groups in total. The number of carbonyl (C=O) groups is 1. The van der Waals surface area contributed by atoms with Gasteiger partial charge in [0.2, 0.25) is 0 Å². The second kappa shape index (κ2) is 9.03. The lowest BCUT2D eigenvalue weighted by Crippen LogP contribution is -2.47. The first-order chi connectivity index (χ1) is 16.1. The fourth-order valence-corrected chi connectivity index (χ4v) is 4.99. The number of anilines is 1. The van der Waals surface area contributed by atoms with Gasteiger partial charge in [0.25, 0.3) is 5.91 Å². The molecule has 0 saturated carbocycles. The van der Waals surface area contributed by atoms with Gasteiger partial charge in [-0.3, -0.25) is 9.78 Å². The lowest BCUT2D eigenvalue weighted by molar-refractivity contribution is 0.0584. The van der Waals surface area contributed by atoms with Crippen molar-refractivity contribution in [3.8, 4) is 0 Å². The smallest absolute Gasteiger partial charge is 0.272 e. The highest BCUT2D eigenvalue weighted by atomic mass is 16.3. The molecule has 0 radical (unpaired) electrons. The summed E-state index contributed by atoms with van der Waals surface area (Å²) in [5.41, 5.74) is 2.92. The van der Waals surface area contributed by atoms with Crippen LogP contribution in [0.3, 0.4) is 0 Å². The quantitative estimate of drug-likeness (QED) is 0.656. The molecule has 2 aliphatic rings. The van der Waals surface area contributed by atoms with Crippen molar-refractivity contribution in [2.45, 2.75) is 18.3 Å². The molecule has 5 rings (SSSR count). The third kappa shape index (κ3) is 4.16. The Morgan fingerprint density at radius 3 is 2.48 bits per heavy atom. The molecule has 8 nitrogen and oxygen atoms in total. The number of piperidine rings is 1. The summed E-state index contributed by atoms with van der Waals surface area (Å²) < 4.78 is 0. The summed E-state index contributed by atoms with van der Waals surface area (Å²) in [6.45, 7) is 5.21. The number of likely N-dealkylation sites (N-methyl/N-ethyl adjacent to an activating group) is 1. The van der Waals surface area contributed by atoms with Gasteiger partial charge in [0.05, 0.1) is 17.8 Å². The molecule has 0 aliphatic carbocycles. The fourth-order valence-electron chi connectivity index (χ4n) is 4.99. The normalized spacial score (nSPS) is 19.1. The molecule has 2 aromatic heterocycles. The summed E-state index contributed by atoms with van der Waals surface area (Å²) in [6, 6.07) is 11.7. The van der Waals surface area contributed by atoms with Gasteiger partial charge >= 0.3 is 0 Å². The number of aromatic nitrogens is 3. The maximum Gasteiger partial charge on any atom is 0.272 e. The van der Waals surface area contributed by atoms with Crippen LogP contribution >= 0.6 is 0 Å². The molecular weight excluding hydrogens is 416 g/mol. The fraction of sp³-hybridized carbons (Fsp3) is 0.440. The van der Waals surface area contributed by atoms with E-state index < -0.39 is 5.41 Å². The molecule has 2 aliphatic heterocycles. The first kappa shape index (κ1) is 21.7. The van der Waals surface area contributed by atoms with E-state index in [0.717, 1.165) is 42.8 Å². The third-order valence-corrected chi connectivity index (χ3v) is 7.19. The number of aliphatic hydroxyl groups excluding tert-OH is 1. The molecular formula is C25H30N6O2. The number of likely N-dealkylation sites (tertiary alicyclic amines) is 1. The Morgan fingerprint density at radius 1 is 1.00 bits per heavy atom. The highest BCUT2D eigenvalue weighted by Crippen LogP contribution is 2.38. The summed E-state index contributed by atoms with van der Waals surface area (Å²) >= 11 is 0. The predicted octanol–water partition coefficient (Wildman–Crippen LogP) is 1.94. The van der Waals surface area contributed by atoms with E-state index in [1.54, 1.807) is 24.7 Å². The van der Waals surface area contributed by atoms with Crippen LogP contribution in [-0.2, 0) is 5.41 Å². The van der Waals surface area contributed by atoms with E-state index in [-0.39, 0.29) is 12.5 Å². The van der Waals surface area contributed by atoms with Crippen molar-refractivity contribution in [1.82, 2.24) is 24.8 Å². The molecule has 1 amide bonds. The van der Waals surface area contributed by atoms with Crippen LogP contribution in [0.1, 0.15) is 29.0 Å². The Hall–Kier alpha value is -3.10. The first-order valence-electron chi connectivity index (χ1n) is 11.6. The lowest BCUT2D eigenvalue weighted by atomic mass is 9.75. The summed E-state index contributed by atoms with van der Waals surface area (Å²) in [4.78, 5) is 32.8. The van der Waals surface area contributed by atoms with Crippen LogP contribution in [0.25, 0.3) is 10.9 Å². The zero-order valence-electron chi connectivity index (χ0n) is 19.0. The van der Waals surface area contributed by atoms with E-state index in [1.807, 2.05) is 11.0 Å². The number of carbonyl (C=O) groups excluding carboxylic acids is 1. The molecule has 33 heavy (non-hydrogen) atoms. The zero-order valence-corrected chi connectivity index (χ0v) is 19.0. The van der Waals surface area contributed by atoms with Crippen LogP contribution in [0.2, 0.25) is 0 Å². The van der Waals surface area contributed by atoms with Crippen LogP contribution in [-0.4, -0.2) is 88.7 Å². The maximum absolute atomic E-state index is 12.8. The van der Waals surface area contributed by atoms with Crippen LogP contribution < -0.4 is 4.90 Å². The summed E-state index contributed by atoms with van der Waals surface area (Å²) in [5.74, 6) is -0.0634. The summed E-state index contributed by atoms with van der Waals surface area (Å²) in [5, 5.41) is 11.5. The molecule has 8 heteroatoms. The number of aliphatic hydroxyl groups is 1. The van der Waals surface area contributed by atoms with Gasteiger partial charge < -0.3 is 19.8 Å². The Balaban J connectivity index is 1.39. The number of benzene rings is 1. The maximum atomic E-state index is 12.8. The average Bonchev–Trinajstić information content (AvgIpc) is 2.88. The van der Waals surface area contributed by atoms with Crippen molar-refractivity contribution in [2.75, 3.05) is 57.8 Å². The minimum atomic E-state index is -0.489. The number of fused-ring (bicyclic) bond motifs is 1. The van der Waals surface area contributed by atoms with Crippen molar-refractivity contribution in [3.63, 3.8) is 0 Å². The largest absolute Gasteiger partial charge is 0.395 e. The molecule has 0 unspecified atom stereocenters. The number of pyridine rings is 1. The topological polar surface area (TPSA) is 85.7 Å². The van der Waals surface area contributed by atoms with Gasteiger partial charge in [0, 0.05) is 62.0 Å². The summed E-state index contributed by atoms with van der Waals surface area (Å²) in [7, 11) is 2.15. The Labute approximate surface area is 193 Å². The van der Waals surface area contributed by atoms with Crippen molar-refractivity contribution >= 4 is 22.5 Å². The van der Waals surface area contributed by atoms with E-state index in [9.17, 15) is 9.90 Å². The molecule has 0 bridgehead atoms. The van der Waals surface area contributed by atoms with Gasteiger partial charge in [-0.2, -0.15) is 0 Å². The Bertz CT molecular complexity index is 1120. The van der Waals surface area contributed by atoms with Gasteiger partial charge in [0.1, 0.15) is 12.0 Å².